The quantitative estimate of drug-likeness (QED) is 0.721. The Morgan fingerprint density at radius 3 is 2.38 bits per heavy atom. The average Bonchev–Trinajstić information content (AvgIpc) is 2.83. The first-order chi connectivity index (χ1) is 15.5. The third-order valence-electron chi connectivity index (χ3n) is 6.22. The molecule has 2 aliphatic rings. The number of carbonyl (C=O) groups excluding carboxylic acids is 2. The van der Waals surface area contributed by atoms with E-state index in [1.165, 1.54) is 5.56 Å². The monoisotopic (exact) mass is 436 g/mol. The smallest absolute Gasteiger partial charge is 0.263 e. The van der Waals surface area contributed by atoms with Crippen LogP contribution in [-0.4, -0.2) is 60.6 Å². The normalized spacial score (nSPS) is 19.4. The van der Waals surface area contributed by atoms with Crippen LogP contribution in [0.2, 0.25) is 0 Å². The van der Waals surface area contributed by atoms with Crippen LogP contribution >= 0.6 is 0 Å². The van der Waals surface area contributed by atoms with Gasteiger partial charge in [-0.05, 0) is 42.2 Å². The Morgan fingerprint density at radius 2 is 1.69 bits per heavy atom. The highest BCUT2D eigenvalue weighted by atomic mass is 16.5. The van der Waals surface area contributed by atoms with Crippen LogP contribution in [0.1, 0.15) is 43.5 Å². The fourth-order valence-electron chi connectivity index (χ4n) is 4.53. The van der Waals surface area contributed by atoms with Crippen LogP contribution in [0.4, 0.5) is 0 Å². The fraction of sp³-hybridized carbons (Fsp3) is 0.462. The zero-order valence-electron chi connectivity index (χ0n) is 19.1. The summed E-state index contributed by atoms with van der Waals surface area (Å²) in [4.78, 5) is 29.6. The number of morpholine rings is 1. The summed E-state index contributed by atoms with van der Waals surface area (Å²) in [5, 5.41) is 0. The second kappa shape index (κ2) is 9.74. The zero-order chi connectivity index (χ0) is 22.7. The van der Waals surface area contributed by atoms with Gasteiger partial charge in [-0.25, -0.2) is 0 Å². The maximum atomic E-state index is 13.1. The van der Waals surface area contributed by atoms with Crippen molar-refractivity contribution in [2.75, 3.05) is 32.8 Å². The molecule has 2 amide bonds. The number of benzene rings is 2. The van der Waals surface area contributed by atoms with E-state index in [9.17, 15) is 9.59 Å². The maximum Gasteiger partial charge on any atom is 0.263 e. The van der Waals surface area contributed by atoms with Crippen LogP contribution in [0.5, 0.6) is 5.75 Å². The lowest BCUT2D eigenvalue weighted by atomic mass is 9.87. The highest BCUT2D eigenvalue weighted by Gasteiger charge is 2.33. The minimum absolute atomic E-state index is 0.0257. The summed E-state index contributed by atoms with van der Waals surface area (Å²) in [5.41, 5.74) is 3.36. The Hall–Kier alpha value is -2.86. The van der Waals surface area contributed by atoms with Gasteiger partial charge in [0.1, 0.15) is 5.75 Å². The number of rotatable bonds is 5. The van der Waals surface area contributed by atoms with Gasteiger partial charge >= 0.3 is 0 Å². The largest absolute Gasteiger partial charge is 0.481 e. The van der Waals surface area contributed by atoms with Crippen molar-refractivity contribution in [3.63, 3.8) is 0 Å². The van der Waals surface area contributed by atoms with E-state index < -0.39 is 6.10 Å². The van der Waals surface area contributed by atoms with Gasteiger partial charge in [-0.1, -0.05) is 50.2 Å². The number of carbonyl (C=O) groups is 2. The number of nitrogens with zero attached hydrogens (tertiary/aromatic N) is 2. The Labute approximate surface area is 190 Å². The first-order valence-electron chi connectivity index (χ1n) is 11.5. The van der Waals surface area contributed by atoms with Crippen molar-refractivity contribution in [1.29, 1.82) is 0 Å². The van der Waals surface area contributed by atoms with Gasteiger partial charge in [0.25, 0.3) is 5.91 Å². The first-order valence-corrected chi connectivity index (χ1v) is 11.5. The number of hydrogen-bond donors (Lipinski definition) is 0. The van der Waals surface area contributed by atoms with E-state index in [1.54, 1.807) is 11.8 Å². The lowest BCUT2D eigenvalue weighted by Gasteiger charge is -2.39. The molecule has 0 bridgehead atoms. The summed E-state index contributed by atoms with van der Waals surface area (Å²) in [7, 11) is 0. The van der Waals surface area contributed by atoms with Gasteiger partial charge in [-0.3, -0.25) is 9.59 Å². The van der Waals surface area contributed by atoms with Crippen LogP contribution in [0.3, 0.4) is 0 Å². The summed E-state index contributed by atoms with van der Waals surface area (Å²) in [6.45, 7) is 8.69. The Morgan fingerprint density at radius 1 is 0.969 bits per heavy atom. The molecule has 2 aromatic carbocycles. The van der Waals surface area contributed by atoms with Gasteiger partial charge in [0.05, 0.1) is 19.3 Å². The molecule has 32 heavy (non-hydrogen) atoms. The molecule has 1 fully saturated rings. The van der Waals surface area contributed by atoms with E-state index >= 15 is 0 Å². The van der Waals surface area contributed by atoms with Crippen LogP contribution < -0.4 is 4.74 Å². The predicted molar refractivity (Wildman–Crippen MR) is 122 cm³/mol. The van der Waals surface area contributed by atoms with E-state index in [2.05, 4.69) is 18.2 Å². The van der Waals surface area contributed by atoms with Crippen LogP contribution in [0.15, 0.2) is 48.5 Å². The molecule has 2 heterocycles. The standard InChI is InChI=1S/C26H32N2O4/c1-18(2)25(29)28-12-11-20-9-10-22(17-23(20)24(28)21-7-5-4-6-8-21)32-19(3)26(30)27-13-15-31-16-14-27/h4-10,17-19,24H,11-16H2,1-3H3. The van der Waals surface area contributed by atoms with Crippen molar-refractivity contribution in [1.82, 2.24) is 9.80 Å². The molecular formula is C26H32N2O4. The molecule has 6 nitrogen and oxygen atoms in total. The van der Waals surface area contributed by atoms with E-state index in [0.717, 1.165) is 17.5 Å². The molecule has 2 aliphatic heterocycles. The summed E-state index contributed by atoms with van der Waals surface area (Å²) in [6, 6.07) is 16.0. The lowest BCUT2D eigenvalue weighted by Crippen LogP contribution is -2.46. The molecule has 2 aromatic rings. The Bertz CT molecular complexity index is 954. The maximum absolute atomic E-state index is 13.1. The predicted octanol–water partition coefficient (Wildman–Crippen LogP) is 3.44. The van der Waals surface area contributed by atoms with E-state index in [0.29, 0.717) is 38.6 Å². The molecule has 170 valence electrons. The van der Waals surface area contributed by atoms with Crippen molar-refractivity contribution in [2.24, 2.45) is 5.92 Å². The van der Waals surface area contributed by atoms with Gasteiger partial charge in [0.2, 0.25) is 5.91 Å². The van der Waals surface area contributed by atoms with Gasteiger partial charge in [0, 0.05) is 25.6 Å². The lowest BCUT2D eigenvalue weighted by molar-refractivity contribution is -0.142. The molecule has 0 aliphatic carbocycles. The van der Waals surface area contributed by atoms with E-state index in [4.69, 9.17) is 9.47 Å². The molecule has 0 radical (unpaired) electrons. The first kappa shape index (κ1) is 22.3. The van der Waals surface area contributed by atoms with Crippen LogP contribution in [-0.2, 0) is 20.7 Å². The summed E-state index contributed by atoms with van der Waals surface area (Å²) >= 11 is 0. The molecule has 0 N–H and O–H groups in total. The van der Waals surface area contributed by atoms with Crippen molar-refractivity contribution in [3.05, 3.63) is 65.2 Å². The number of ether oxygens (including phenoxy) is 2. The molecule has 2 unspecified atom stereocenters. The van der Waals surface area contributed by atoms with E-state index in [-0.39, 0.29) is 23.8 Å². The SMILES string of the molecule is CC(C)C(=O)N1CCc2ccc(OC(C)C(=O)N3CCOCC3)cc2C1c1ccccc1. The second-order valence-corrected chi connectivity index (χ2v) is 8.81. The highest BCUT2D eigenvalue weighted by molar-refractivity contribution is 5.81. The Balaban J connectivity index is 1.62. The molecule has 4 rings (SSSR count). The second-order valence-electron chi connectivity index (χ2n) is 8.81. The van der Waals surface area contributed by atoms with Gasteiger partial charge in [-0.15, -0.1) is 0 Å². The van der Waals surface area contributed by atoms with Gasteiger partial charge in [-0.2, -0.15) is 0 Å². The topological polar surface area (TPSA) is 59.1 Å². The van der Waals surface area contributed by atoms with Crippen LogP contribution in [0, 0.1) is 5.92 Å². The minimum atomic E-state index is -0.585. The third kappa shape index (κ3) is 4.65. The Kier molecular flexibility index (Phi) is 6.80. The number of fused-ring (bicyclic) bond motifs is 1. The van der Waals surface area contributed by atoms with Crippen LogP contribution in [0.25, 0.3) is 0 Å². The molecular weight excluding hydrogens is 404 g/mol. The van der Waals surface area contributed by atoms with E-state index in [1.807, 2.05) is 49.1 Å². The minimum Gasteiger partial charge on any atom is -0.481 e. The van der Waals surface area contributed by atoms with Crippen molar-refractivity contribution in [3.8, 4) is 5.75 Å². The van der Waals surface area contributed by atoms with Crippen molar-refractivity contribution >= 4 is 11.8 Å². The summed E-state index contributed by atoms with van der Waals surface area (Å²) in [6.07, 6.45) is 0.220. The molecule has 0 aromatic heterocycles. The third-order valence-corrected chi connectivity index (χ3v) is 6.22. The van der Waals surface area contributed by atoms with Crippen molar-refractivity contribution < 1.29 is 19.1 Å². The van der Waals surface area contributed by atoms with Crippen molar-refractivity contribution in [2.45, 2.75) is 39.3 Å². The number of hydrogen-bond acceptors (Lipinski definition) is 4. The van der Waals surface area contributed by atoms with Gasteiger partial charge < -0.3 is 19.3 Å². The van der Waals surface area contributed by atoms with Gasteiger partial charge in [0.15, 0.2) is 6.10 Å². The summed E-state index contributed by atoms with van der Waals surface area (Å²) < 4.78 is 11.4. The summed E-state index contributed by atoms with van der Waals surface area (Å²) in [5.74, 6) is 0.694. The average molecular weight is 437 g/mol. The highest BCUT2D eigenvalue weighted by Crippen LogP contribution is 2.38. The molecule has 2 atom stereocenters. The molecule has 0 saturated carbocycles. The molecule has 1 saturated heterocycles. The molecule has 0 spiro atoms. The molecule has 6 heteroatoms. The fourth-order valence-corrected chi connectivity index (χ4v) is 4.53. The number of amides is 2. The zero-order valence-corrected chi connectivity index (χ0v) is 19.1.